The Kier molecular flexibility index (Phi) is 7.86. The Morgan fingerprint density at radius 3 is 2.47 bits per heavy atom. The number of anilines is 2. The largest absolute Gasteiger partial charge is 0.383 e. The average molecular weight is 490 g/mol. The van der Waals surface area contributed by atoms with E-state index in [1.165, 1.54) is 9.47 Å². The van der Waals surface area contributed by atoms with Crippen LogP contribution in [0.1, 0.15) is 39.7 Å². The van der Waals surface area contributed by atoms with Gasteiger partial charge in [-0.15, -0.1) is 0 Å². The predicted octanol–water partition coefficient (Wildman–Crippen LogP) is 2.47. The van der Waals surface area contributed by atoms with Gasteiger partial charge in [0.05, 0.1) is 5.92 Å². The van der Waals surface area contributed by atoms with Crippen LogP contribution in [-0.4, -0.2) is 39.4 Å². The van der Waals surface area contributed by atoms with Gasteiger partial charge in [0, 0.05) is 37.6 Å². The third-order valence-corrected chi connectivity index (χ3v) is 6.10. The molecular formula is C24H32ClN5O4. The Labute approximate surface area is 203 Å². The van der Waals surface area contributed by atoms with E-state index in [4.69, 9.17) is 17.3 Å². The van der Waals surface area contributed by atoms with Gasteiger partial charge >= 0.3 is 5.69 Å². The number of nitrogens with zero attached hydrogens (tertiary/aromatic N) is 3. The number of halogens is 1. The molecule has 0 saturated carbocycles. The summed E-state index contributed by atoms with van der Waals surface area (Å²) in [6, 6.07) is 7.25. The average Bonchev–Trinajstić information content (AvgIpc) is 3.11. The smallest absolute Gasteiger partial charge is 0.330 e. The quantitative estimate of drug-likeness (QED) is 0.590. The number of rotatable bonds is 8. The van der Waals surface area contributed by atoms with E-state index in [2.05, 4.69) is 4.98 Å². The number of nitrogen functional groups attached to an aromatic ring is 1. The van der Waals surface area contributed by atoms with Crippen molar-refractivity contribution in [3.63, 3.8) is 0 Å². The highest BCUT2D eigenvalue weighted by atomic mass is 35.5. The zero-order valence-corrected chi connectivity index (χ0v) is 20.8. The van der Waals surface area contributed by atoms with Gasteiger partial charge in [0.15, 0.2) is 5.69 Å². The molecule has 34 heavy (non-hydrogen) atoms. The molecule has 1 saturated heterocycles. The molecule has 1 aromatic carbocycles. The molecule has 1 aliphatic heterocycles. The lowest BCUT2D eigenvalue weighted by Gasteiger charge is -2.28. The highest BCUT2D eigenvalue weighted by molar-refractivity contribution is 6.31. The van der Waals surface area contributed by atoms with Crippen LogP contribution < -0.4 is 21.9 Å². The molecule has 3 rings (SSSR count). The summed E-state index contributed by atoms with van der Waals surface area (Å²) in [6.45, 7) is 8.70. The van der Waals surface area contributed by atoms with Crippen molar-refractivity contribution in [2.75, 3.05) is 23.7 Å². The van der Waals surface area contributed by atoms with Crippen molar-refractivity contribution in [2.45, 2.75) is 47.2 Å². The van der Waals surface area contributed by atoms with Gasteiger partial charge in [0.25, 0.3) is 5.56 Å². The van der Waals surface area contributed by atoms with Crippen molar-refractivity contribution in [3.05, 3.63) is 55.7 Å². The van der Waals surface area contributed by atoms with Crippen molar-refractivity contribution in [3.8, 4) is 0 Å². The molecule has 1 aliphatic rings. The van der Waals surface area contributed by atoms with Gasteiger partial charge in [-0.25, -0.2) is 4.79 Å². The van der Waals surface area contributed by atoms with Gasteiger partial charge < -0.3 is 15.5 Å². The number of hydrogen-bond acceptors (Lipinski definition) is 5. The molecular weight excluding hydrogens is 458 g/mol. The molecule has 184 valence electrons. The van der Waals surface area contributed by atoms with Crippen LogP contribution >= 0.6 is 11.6 Å². The Bertz CT molecular complexity index is 1190. The van der Waals surface area contributed by atoms with Gasteiger partial charge in [0.1, 0.15) is 5.82 Å². The molecule has 1 fully saturated rings. The summed E-state index contributed by atoms with van der Waals surface area (Å²) >= 11 is 6.24. The van der Waals surface area contributed by atoms with E-state index < -0.39 is 17.2 Å². The molecule has 9 nitrogen and oxygen atoms in total. The molecule has 1 aromatic heterocycles. The van der Waals surface area contributed by atoms with E-state index in [0.29, 0.717) is 18.1 Å². The van der Waals surface area contributed by atoms with E-state index in [0.717, 1.165) is 5.56 Å². The summed E-state index contributed by atoms with van der Waals surface area (Å²) < 4.78 is 1.28. The molecule has 0 radical (unpaired) electrons. The first-order valence-electron chi connectivity index (χ1n) is 11.4. The number of carbonyl (C=O) groups is 2. The summed E-state index contributed by atoms with van der Waals surface area (Å²) in [7, 11) is 0. The number of likely N-dealkylation sites (tertiary alicyclic amines) is 1. The maximum Gasteiger partial charge on any atom is 0.330 e. The topological polar surface area (TPSA) is 121 Å². The zero-order valence-electron chi connectivity index (χ0n) is 20.0. The van der Waals surface area contributed by atoms with E-state index in [-0.39, 0.29) is 54.7 Å². The molecule has 2 heterocycles. The molecule has 2 amide bonds. The number of nitrogens with two attached hydrogens (primary N) is 1. The highest BCUT2D eigenvalue weighted by Crippen LogP contribution is 2.28. The third-order valence-electron chi connectivity index (χ3n) is 5.73. The predicted molar refractivity (Wildman–Crippen MR) is 133 cm³/mol. The first-order chi connectivity index (χ1) is 16.0. The number of aromatic nitrogens is 2. The minimum Gasteiger partial charge on any atom is -0.383 e. The van der Waals surface area contributed by atoms with E-state index in [1.807, 2.05) is 45.9 Å². The van der Waals surface area contributed by atoms with Gasteiger partial charge in [0.2, 0.25) is 11.8 Å². The minimum atomic E-state index is -0.714. The molecule has 2 aromatic rings. The summed E-state index contributed by atoms with van der Waals surface area (Å²) in [5.74, 6) is -1.10. The SMILES string of the molecule is CC(C)CN(C(=O)[C@@H]1CC(=O)N(Cc2ccccc2Cl)C1)c1c(N)n(CC(C)C)c(=O)[nH]c1=O. The Balaban J connectivity index is 1.93. The van der Waals surface area contributed by atoms with Crippen LogP contribution in [0.15, 0.2) is 33.9 Å². The number of benzene rings is 1. The second-order valence-corrected chi connectivity index (χ2v) is 10.0. The monoisotopic (exact) mass is 489 g/mol. The number of H-pyrrole nitrogens is 1. The maximum atomic E-state index is 13.6. The van der Waals surface area contributed by atoms with Crippen LogP contribution in [0.2, 0.25) is 5.02 Å². The van der Waals surface area contributed by atoms with Crippen molar-refractivity contribution >= 4 is 34.9 Å². The van der Waals surface area contributed by atoms with E-state index >= 15 is 0 Å². The summed E-state index contributed by atoms with van der Waals surface area (Å²) in [5, 5.41) is 0.554. The van der Waals surface area contributed by atoms with Crippen molar-refractivity contribution < 1.29 is 9.59 Å². The van der Waals surface area contributed by atoms with Crippen LogP contribution in [-0.2, 0) is 22.7 Å². The van der Waals surface area contributed by atoms with Crippen molar-refractivity contribution in [2.24, 2.45) is 17.8 Å². The van der Waals surface area contributed by atoms with Gasteiger partial charge in [-0.05, 0) is 23.5 Å². The van der Waals surface area contributed by atoms with Crippen LogP contribution in [0, 0.1) is 17.8 Å². The van der Waals surface area contributed by atoms with Crippen molar-refractivity contribution in [1.29, 1.82) is 0 Å². The molecule has 1 atom stereocenters. The lowest BCUT2D eigenvalue weighted by molar-refractivity contribution is -0.128. The fourth-order valence-electron chi connectivity index (χ4n) is 4.18. The standard InChI is InChI=1S/C24H32ClN5O4/c1-14(2)10-29(20-21(26)30(11-15(3)4)24(34)27-22(20)32)23(33)17-9-19(31)28(13-17)12-16-7-5-6-8-18(16)25/h5-8,14-15,17H,9-13,26H2,1-4H3,(H,27,32,34)/t17-/m1/s1. The lowest BCUT2D eigenvalue weighted by atomic mass is 10.1. The normalized spacial score (nSPS) is 16.0. The van der Waals surface area contributed by atoms with Gasteiger partial charge in [-0.1, -0.05) is 57.5 Å². The van der Waals surface area contributed by atoms with E-state index in [1.54, 1.807) is 11.0 Å². The second-order valence-electron chi connectivity index (χ2n) is 9.61. The Morgan fingerprint density at radius 2 is 1.85 bits per heavy atom. The summed E-state index contributed by atoms with van der Waals surface area (Å²) in [6.07, 6.45) is 0.0291. The van der Waals surface area contributed by atoms with Crippen LogP contribution in [0.4, 0.5) is 11.5 Å². The third kappa shape index (κ3) is 5.52. The molecule has 0 unspecified atom stereocenters. The molecule has 3 N–H and O–H groups in total. The first kappa shape index (κ1) is 25.6. The number of hydrogen-bond donors (Lipinski definition) is 2. The zero-order chi connectivity index (χ0) is 25.2. The van der Waals surface area contributed by atoms with Gasteiger partial charge in [-0.2, -0.15) is 0 Å². The molecule has 0 bridgehead atoms. The van der Waals surface area contributed by atoms with Crippen molar-refractivity contribution in [1.82, 2.24) is 14.5 Å². The number of amides is 2. The van der Waals surface area contributed by atoms with Crippen LogP contribution in [0.3, 0.4) is 0 Å². The summed E-state index contributed by atoms with van der Waals surface area (Å²) in [4.78, 5) is 56.8. The maximum absolute atomic E-state index is 13.6. The fraction of sp³-hybridized carbons (Fsp3) is 0.500. The Morgan fingerprint density at radius 1 is 1.18 bits per heavy atom. The van der Waals surface area contributed by atoms with Gasteiger partial charge in [-0.3, -0.25) is 23.9 Å². The highest BCUT2D eigenvalue weighted by Gasteiger charge is 2.38. The second kappa shape index (κ2) is 10.5. The van der Waals surface area contributed by atoms with Crippen LogP contribution in [0.25, 0.3) is 0 Å². The lowest BCUT2D eigenvalue weighted by Crippen LogP contribution is -2.45. The first-order valence-corrected chi connectivity index (χ1v) is 11.8. The Hall–Kier alpha value is -3.07. The minimum absolute atomic E-state index is 0.0181. The summed E-state index contributed by atoms with van der Waals surface area (Å²) in [5.41, 5.74) is 5.70. The fourth-order valence-corrected chi connectivity index (χ4v) is 4.38. The van der Waals surface area contributed by atoms with E-state index in [9.17, 15) is 19.2 Å². The molecule has 0 aliphatic carbocycles. The number of carbonyl (C=O) groups excluding carboxylic acids is 2. The van der Waals surface area contributed by atoms with Crippen LogP contribution in [0.5, 0.6) is 0 Å². The number of nitrogens with one attached hydrogen (secondary N) is 1. The number of aromatic amines is 1. The molecule has 0 spiro atoms. The molecule has 10 heteroatoms.